The molecule has 1 radical (unpaired) electrons. The zero-order chi connectivity index (χ0) is 18.9. The minimum Gasteiger partial charge on any atom is -0.857 e. The maximum atomic E-state index is 8.25. The molecule has 2 aliphatic carbocycles. The maximum absolute atomic E-state index is 8.25. The Morgan fingerprint density at radius 1 is 0.923 bits per heavy atom. The third-order valence-corrected chi connectivity index (χ3v) is 3.20. The van der Waals surface area contributed by atoms with E-state index in [2.05, 4.69) is 67.7 Å². The van der Waals surface area contributed by atoms with Crippen molar-refractivity contribution >= 4 is 9.52 Å². The maximum Gasteiger partial charge on any atom is 4.00 e. The van der Waals surface area contributed by atoms with Crippen molar-refractivity contribution in [3.05, 3.63) is 84.0 Å². The average molecular weight is 399 g/mol. The van der Waals surface area contributed by atoms with Crippen LogP contribution in [0.3, 0.4) is 0 Å². The molecule has 2 aromatic rings. The molecule has 0 spiro atoms. The van der Waals surface area contributed by atoms with E-state index in [1.165, 1.54) is 22.3 Å². The zero-order valence-electron chi connectivity index (χ0n) is 16.1. The Bertz CT molecular complexity index is 586. The summed E-state index contributed by atoms with van der Waals surface area (Å²) in [5.74, 6) is 0. The number of rotatable bonds is 0. The van der Waals surface area contributed by atoms with Crippen LogP contribution in [0, 0.1) is 12.1 Å². The van der Waals surface area contributed by atoms with Crippen LogP contribution in [0.4, 0.5) is 0 Å². The SMILES string of the molecule is C[O-].C[O-].C[SiH]C.[C-]1=CC=CC1.[Ti+4].[c-]1cccc2c1Cc1ccccc1-2. The molecule has 4 heteroatoms. The van der Waals surface area contributed by atoms with Gasteiger partial charge in [-0.25, -0.2) is 12.2 Å². The van der Waals surface area contributed by atoms with E-state index in [-0.39, 0.29) is 21.7 Å². The van der Waals surface area contributed by atoms with Crippen LogP contribution in [0.15, 0.2) is 60.7 Å². The molecule has 0 aromatic heterocycles. The molecule has 2 aliphatic rings. The van der Waals surface area contributed by atoms with Gasteiger partial charge in [0.1, 0.15) is 0 Å². The molecule has 0 N–H and O–H groups in total. The Labute approximate surface area is 176 Å². The molecule has 0 bridgehead atoms. The summed E-state index contributed by atoms with van der Waals surface area (Å²) in [7, 11) is 2.25. The van der Waals surface area contributed by atoms with Gasteiger partial charge in [-0.15, -0.1) is 12.0 Å². The van der Waals surface area contributed by atoms with Gasteiger partial charge in [0, 0.05) is 9.52 Å². The third-order valence-electron chi connectivity index (χ3n) is 3.20. The van der Waals surface area contributed by atoms with Gasteiger partial charge in [-0.05, 0) is 6.42 Å². The number of hydrogen-bond acceptors (Lipinski definition) is 2. The normalized spacial score (nSPS) is 10.7. The monoisotopic (exact) mass is 399 g/mol. The predicted octanol–water partition coefficient (Wildman–Crippen LogP) is 2.83. The molecule has 135 valence electrons. The topological polar surface area (TPSA) is 46.1 Å². The minimum atomic E-state index is 0. The largest absolute Gasteiger partial charge is 4.00 e. The Hall–Kier alpha value is -1.23. The third kappa shape index (κ3) is 9.46. The summed E-state index contributed by atoms with van der Waals surface area (Å²) >= 11 is 0. The van der Waals surface area contributed by atoms with E-state index in [1.54, 1.807) is 0 Å². The Morgan fingerprint density at radius 3 is 2.08 bits per heavy atom. The van der Waals surface area contributed by atoms with Crippen LogP contribution in [0.5, 0.6) is 0 Å². The first-order valence-corrected chi connectivity index (χ1v) is 10.5. The van der Waals surface area contributed by atoms with Crippen LogP contribution in [-0.2, 0) is 28.1 Å². The summed E-state index contributed by atoms with van der Waals surface area (Å²) in [6, 6.07) is 18.1. The standard InChI is InChI=1S/C13H9.C5H5.C2H7Si.2CH3O.Ti/c1-3-7-12-10(5-1)9-11-6-2-4-8-13(11)12;1-2-4-5-3-1;1-3-2;2*1-2;/h1-5,7-8H,9H2;1-3H,4H2;3H,1-2H3;2*1H3;/q2*-1;;2*-1;+4. The molecular weight excluding hydrogens is 372 g/mol. The molecule has 0 amide bonds. The van der Waals surface area contributed by atoms with E-state index >= 15 is 0 Å². The van der Waals surface area contributed by atoms with Crippen LogP contribution >= 0.6 is 0 Å². The number of hydrogen-bond donors (Lipinski definition) is 0. The molecular formula is C22H27O2SiTi. The quantitative estimate of drug-likeness (QED) is 0.431. The molecule has 0 saturated heterocycles. The van der Waals surface area contributed by atoms with Crippen LogP contribution < -0.4 is 10.2 Å². The molecule has 2 nitrogen and oxygen atoms in total. The van der Waals surface area contributed by atoms with Crippen molar-refractivity contribution in [3.8, 4) is 11.1 Å². The fraction of sp³-hybridized carbons (Fsp3) is 0.273. The van der Waals surface area contributed by atoms with E-state index in [9.17, 15) is 0 Å². The molecule has 2 aromatic carbocycles. The van der Waals surface area contributed by atoms with E-state index in [0.717, 1.165) is 36.6 Å². The Morgan fingerprint density at radius 2 is 1.54 bits per heavy atom. The fourth-order valence-corrected chi connectivity index (χ4v) is 2.34. The molecule has 4 rings (SSSR count). The van der Waals surface area contributed by atoms with Gasteiger partial charge in [-0.3, -0.25) is 6.08 Å². The van der Waals surface area contributed by atoms with Crippen molar-refractivity contribution in [1.29, 1.82) is 0 Å². The Kier molecular flexibility index (Phi) is 19.3. The second-order valence-corrected chi connectivity index (χ2v) is 6.13. The molecule has 0 heterocycles. The van der Waals surface area contributed by atoms with Gasteiger partial charge in [-0.1, -0.05) is 48.5 Å². The van der Waals surface area contributed by atoms with E-state index in [0.29, 0.717) is 0 Å². The second kappa shape index (κ2) is 18.6. The van der Waals surface area contributed by atoms with Crippen molar-refractivity contribution in [2.45, 2.75) is 25.9 Å². The van der Waals surface area contributed by atoms with Crippen LogP contribution in [0.25, 0.3) is 11.1 Å². The first kappa shape index (κ1) is 27.0. The summed E-state index contributed by atoms with van der Waals surface area (Å²) in [6.07, 6.45) is 11.0. The summed E-state index contributed by atoms with van der Waals surface area (Å²) in [5.41, 5.74) is 5.51. The fourth-order valence-electron chi connectivity index (χ4n) is 2.34. The zero-order valence-corrected chi connectivity index (χ0v) is 18.8. The van der Waals surface area contributed by atoms with Crippen LogP contribution in [0.1, 0.15) is 17.5 Å². The smallest absolute Gasteiger partial charge is 0.857 e. The van der Waals surface area contributed by atoms with Gasteiger partial charge in [0.25, 0.3) is 0 Å². The van der Waals surface area contributed by atoms with Crippen LogP contribution in [-0.4, -0.2) is 23.7 Å². The second-order valence-electron chi connectivity index (χ2n) is 4.98. The van der Waals surface area contributed by atoms with Crippen molar-refractivity contribution in [1.82, 2.24) is 0 Å². The molecule has 0 atom stereocenters. The van der Waals surface area contributed by atoms with Crippen molar-refractivity contribution in [3.63, 3.8) is 0 Å². The van der Waals surface area contributed by atoms with Gasteiger partial charge in [0.2, 0.25) is 0 Å². The van der Waals surface area contributed by atoms with Gasteiger partial charge in [0.05, 0.1) is 0 Å². The summed E-state index contributed by atoms with van der Waals surface area (Å²) < 4.78 is 0. The summed E-state index contributed by atoms with van der Waals surface area (Å²) in [4.78, 5) is 0. The van der Waals surface area contributed by atoms with Crippen molar-refractivity contribution < 1.29 is 31.9 Å². The molecule has 0 saturated carbocycles. The van der Waals surface area contributed by atoms with E-state index in [4.69, 9.17) is 10.2 Å². The number of allylic oxidation sites excluding steroid dienone is 4. The van der Waals surface area contributed by atoms with Gasteiger partial charge in [-0.2, -0.15) is 50.1 Å². The average Bonchev–Trinajstić information content (AvgIpc) is 3.37. The predicted molar refractivity (Wildman–Crippen MR) is 106 cm³/mol. The van der Waals surface area contributed by atoms with Gasteiger partial charge in [0.15, 0.2) is 0 Å². The summed E-state index contributed by atoms with van der Waals surface area (Å²) in [6.45, 7) is 4.42. The number of fused-ring (bicyclic) bond motifs is 3. The molecule has 26 heavy (non-hydrogen) atoms. The molecule has 0 unspecified atom stereocenters. The Balaban J connectivity index is 0. The van der Waals surface area contributed by atoms with E-state index < -0.39 is 0 Å². The summed E-state index contributed by atoms with van der Waals surface area (Å²) in [5, 5.41) is 16.5. The molecule has 0 aliphatic heterocycles. The van der Waals surface area contributed by atoms with Crippen molar-refractivity contribution in [2.75, 3.05) is 14.2 Å². The minimum absolute atomic E-state index is 0. The van der Waals surface area contributed by atoms with Crippen molar-refractivity contribution in [2.24, 2.45) is 0 Å². The van der Waals surface area contributed by atoms with Gasteiger partial charge < -0.3 is 10.2 Å². The first-order chi connectivity index (χ1) is 12.4. The van der Waals surface area contributed by atoms with Crippen LogP contribution in [0.2, 0.25) is 13.1 Å². The number of benzene rings is 2. The van der Waals surface area contributed by atoms with E-state index in [1.807, 2.05) is 18.2 Å². The first-order valence-electron chi connectivity index (χ1n) is 8.22. The van der Waals surface area contributed by atoms with Gasteiger partial charge >= 0.3 is 21.7 Å². The molecule has 0 fully saturated rings.